The second kappa shape index (κ2) is 10.7. The number of nitrogens with zero attached hydrogens (tertiary/aromatic N) is 3. The Morgan fingerprint density at radius 2 is 1.15 bits per heavy atom. The summed E-state index contributed by atoms with van der Waals surface area (Å²) >= 11 is 1.77. The molecule has 10 rings (SSSR count). The van der Waals surface area contributed by atoms with Gasteiger partial charge < -0.3 is 4.90 Å². The molecule has 0 N–H and O–H groups in total. The number of fused-ring (bicyclic) bond motifs is 5. The second-order valence-electron chi connectivity index (χ2n) is 12.2. The topological polar surface area (TPSA) is 29.0 Å². The molecule has 0 radical (unpaired) electrons. The molecule has 0 aliphatic carbocycles. The number of aromatic nitrogens is 2. The Morgan fingerprint density at radius 3 is 1.96 bits per heavy atom. The fourth-order valence-electron chi connectivity index (χ4n) is 7.24. The van der Waals surface area contributed by atoms with Gasteiger partial charge in [-0.05, 0) is 64.5 Å². The molecule has 1 aliphatic heterocycles. The summed E-state index contributed by atoms with van der Waals surface area (Å²) < 4.78 is 2.34. The van der Waals surface area contributed by atoms with E-state index in [1.165, 1.54) is 43.4 Å². The van der Waals surface area contributed by atoms with E-state index in [-0.39, 0.29) is 0 Å². The Labute approximate surface area is 282 Å². The van der Waals surface area contributed by atoms with Gasteiger partial charge in [-0.25, -0.2) is 9.97 Å². The minimum Gasteiger partial charge on any atom is -0.309 e. The molecule has 9 aromatic rings. The highest BCUT2D eigenvalue weighted by Gasteiger charge is 2.28. The molecule has 0 amide bonds. The van der Waals surface area contributed by atoms with Crippen molar-refractivity contribution in [3.63, 3.8) is 0 Å². The molecule has 224 valence electrons. The van der Waals surface area contributed by atoms with E-state index in [2.05, 4.69) is 169 Å². The highest BCUT2D eigenvalue weighted by Crippen LogP contribution is 2.53. The molecular weight excluding hydrogens is 603 g/mol. The zero-order valence-corrected chi connectivity index (χ0v) is 26.7. The first-order valence-electron chi connectivity index (χ1n) is 16.2. The molecule has 3 heterocycles. The third-order valence-corrected chi connectivity index (χ3v) is 10.6. The van der Waals surface area contributed by atoms with Gasteiger partial charge in [0.05, 0.1) is 27.3 Å². The van der Waals surface area contributed by atoms with Gasteiger partial charge in [0, 0.05) is 37.9 Å². The lowest BCUT2D eigenvalue weighted by molar-refractivity contribution is 1.24. The first-order valence-corrected chi connectivity index (χ1v) is 17.0. The molecule has 0 saturated heterocycles. The Balaban J connectivity index is 1.27. The Morgan fingerprint density at radius 1 is 0.458 bits per heavy atom. The van der Waals surface area contributed by atoms with E-state index < -0.39 is 0 Å². The van der Waals surface area contributed by atoms with Gasteiger partial charge in [-0.1, -0.05) is 121 Å². The zero-order chi connectivity index (χ0) is 31.6. The number of para-hydroxylation sites is 1. The molecule has 2 aromatic heterocycles. The SMILES string of the molecule is c1ccc(-c2ccc3c(c2)-c2cccc4c(-c5nc(-c6ccccc6)c6sc7ccccc7c6n5)ccc(c24)N3c2ccccc2)cc1. The quantitative estimate of drug-likeness (QED) is 0.194. The predicted octanol–water partition coefficient (Wildman–Crippen LogP) is 12.4. The largest absolute Gasteiger partial charge is 0.309 e. The molecular formula is C44H27N3S. The van der Waals surface area contributed by atoms with Crippen molar-refractivity contribution in [1.82, 2.24) is 9.97 Å². The normalized spacial score (nSPS) is 12.1. The molecule has 48 heavy (non-hydrogen) atoms. The Kier molecular flexibility index (Phi) is 6.05. The average molecular weight is 630 g/mol. The van der Waals surface area contributed by atoms with E-state index in [0.717, 1.165) is 49.6 Å². The minimum absolute atomic E-state index is 0.740. The molecule has 0 unspecified atom stereocenters. The lowest BCUT2D eigenvalue weighted by atomic mass is 9.87. The number of hydrogen-bond acceptors (Lipinski definition) is 4. The lowest BCUT2D eigenvalue weighted by Gasteiger charge is -2.34. The van der Waals surface area contributed by atoms with Crippen molar-refractivity contribution < 1.29 is 0 Å². The van der Waals surface area contributed by atoms with Crippen LogP contribution in [0.3, 0.4) is 0 Å². The minimum atomic E-state index is 0.740. The van der Waals surface area contributed by atoms with Gasteiger partial charge in [0.25, 0.3) is 0 Å². The van der Waals surface area contributed by atoms with E-state index in [9.17, 15) is 0 Å². The smallest absolute Gasteiger partial charge is 0.161 e. The highest BCUT2D eigenvalue weighted by atomic mass is 32.1. The van der Waals surface area contributed by atoms with Gasteiger partial charge in [-0.2, -0.15) is 0 Å². The van der Waals surface area contributed by atoms with Crippen LogP contribution in [0.5, 0.6) is 0 Å². The molecule has 0 atom stereocenters. The molecule has 0 spiro atoms. The first-order chi connectivity index (χ1) is 23.8. The van der Waals surface area contributed by atoms with Crippen LogP contribution in [0.4, 0.5) is 17.1 Å². The average Bonchev–Trinajstić information content (AvgIpc) is 3.54. The van der Waals surface area contributed by atoms with Crippen molar-refractivity contribution in [1.29, 1.82) is 0 Å². The number of hydrogen-bond donors (Lipinski definition) is 0. The number of thiophene rings is 1. The predicted molar refractivity (Wildman–Crippen MR) is 202 cm³/mol. The van der Waals surface area contributed by atoms with Crippen molar-refractivity contribution in [3.8, 4) is 44.9 Å². The van der Waals surface area contributed by atoms with Crippen molar-refractivity contribution in [2.24, 2.45) is 0 Å². The van der Waals surface area contributed by atoms with Crippen LogP contribution in [0.25, 0.3) is 76.0 Å². The van der Waals surface area contributed by atoms with E-state index >= 15 is 0 Å². The van der Waals surface area contributed by atoms with E-state index in [4.69, 9.17) is 9.97 Å². The van der Waals surface area contributed by atoms with Crippen molar-refractivity contribution in [2.45, 2.75) is 0 Å². The van der Waals surface area contributed by atoms with Gasteiger partial charge in [0.1, 0.15) is 0 Å². The summed E-state index contributed by atoms with van der Waals surface area (Å²) in [5, 5.41) is 3.51. The highest BCUT2D eigenvalue weighted by molar-refractivity contribution is 7.26. The molecule has 0 fully saturated rings. The third kappa shape index (κ3) is 4.13. The van der Waals surface area contributed by atoms with Crippen LogP contribution in [0.1, 0.15) is 0 Å². The summed E-state index contributed by atoms with van der Waals surface area (Å²) in [5.74, 6) is 0.740. The molecule has 4 heteroatoms. The van der Waals surface area contributed by atoms with Crippen molar-refractivity contribution >= 4 is 59.5 Å². The van der Waals surface area contributed by atoms with Crippen molar-refractivity contribution in [2.75, 3.05) is 4.90 Å². The number of rotatable bonds is 4. The molecule has 0 bridgehead atoms. The lowest BCUT2D eigenvalue weighted by Crippen LogP contribution is -2.15. The number of benzene rings is 7. The van der Waals surface area contributed by atoms with E-state index in [1.54, 1.807) is 11.3 Å². The van der Waals surface area contributed by atoms with Gasteiger partial charge in [0.15, 0.2) is 5.82 Å². The molecule has 3 nitrogen and oxygen atoms in total. The van der Waals surface area contributed by atoms with Crippen LogP contribution in [-0.4, -0.2) is 9.97 Å². The molecule has 7 aromatic carbocycles. The van der Waals surface area contributed by atoms with Crippen LogP contribution < -0.4 is 4.90 Å². The van der Waals surface area contributed by atoms with Crippen molar-refractivity contribution in [3.05, 3.63) is 164 Å². The monoisotopic (exact) mass is 629 g/mol. The van der Waals surface area contributed by atoms with Crippen LogP contribution in [0.2, 0.25) is 0 Å². The van der Waals surface area contributed by atoms with Crippen LogP contribution >= 0.6 is 11.3 Å². The standard InChI is InChI=1S/C44H27N3S/c1-4-13-28(14-5-1)30-23-25-37-36(27-30)33-21-12-20-32-34(24-26-38(40(32)33)47(37)31-17-8-3-9-18-31)44-45-41(29-15-6-2-7-16-29)43-42(46-44)35-19-10-11-22-39(35)48-43/h1-27H. The van der Waals surface area contributed by atoms with Crippen LogP contribution in [-0.2, 0) is 0 Å². The summed E-state index contributed by atoms with van der Waals surface area (Å²) in [6, 6.07) is 58.4. The maximum Gasteiger partial charge on any atom is 0.161 e. The van der Waals surface area contributed by atoms with Gasteiger partial charge in [-0.15, -0.1) is 11.3 Å². The maximum absolute atomic E-state index is 5.35. The Hall–Kier alpha value is -6.10. The maximum atomic E-state index is 5.35. The van der Waals surface area contributed by atoms with Gasteiger partial charge in [-0.3, -0.25) is 0 Å². The van der Waals surface area contributed by atoms with Gasteiger partial charge in [0.2, 0.25) is 0 Å². The van der Waals surface area contributed by atoms with Crippen LogP contribution in [0, 0.1) is 0 Å². The summed E-state index contributed by atoms with van der Waals surface area (Å²) in [4.78, 5) is 13.1. The fraction of sp³-hybridized carbons (Fsp3) is 0. The zero-order valence-electron chi connectivity index (χ0n) is 25.8. The summed E-state index contributed by atoms with van der Waals surface area (Å²) in [5.41, 5.74) is 12.4. The fourth-order valence-corrected chi connectivity index (χ4v) is 8.39. The summed E-state index contributed by atoms with van der Waals surface area (Å²) in [6.07, 6.45) is 0. The molecule has 0 saturated carbocycles. The first kappa shape index (κ1) is 27.1. The Bertz CT molecular complexity index is 2660. The summed E-state index contributed by atoms with van der Waals surface area (Å²) in [6.45, 7) is 0. The number of anilines is 3. The third-order valence-electron chi connectivity index (χ3n) is 9.42. The summed E-state index contributed by atoms with van der Waals surface area (Å²) in [7, 11) is 0. The van der Waals surface area contributed by atoms with Gasteiger partial charge >= 0.3 is 0 Å². The van der Waals surface area contributed by atoms with Crippen LogP contribution in [0.15, 0.2) is 164 Å². The second-order valence-corrected chi connectivity index (χ2v) is 13.2. The molecule has 1 aliphatic rings. The van der Waals surface area contributed by atoms with E-state index in [0.29, 0.717) is 0 Å². The van der Waals surface area contributed by atoms with E-state index in [1.807, 2.05) is 0 Å².